The van der Waals surface area contributed by atoms with E-state index in [1.807, 2.05) is 12.1 Å². The van der Waals surface area contributed by atoms with Crippen LogP contribution in [0.15, 0.2) is 33.1 Å². The minimum absolute atomic E-state index is 0.377. The van der Waals surface area contributed by atoms with E-state index >= 15 is 0 Å². The molecule has 0 saturated carbocycles. The van der Waals surface area contributed by atoms with Crippen LogP contribution in [0.25, 0.3) is 21.9 Å². The summed E-state index contributed by atoms with van der Waals surface area (Å²) >= 11 is 0. The highest BCUT2D eigenvalue weighted by atomic mass is 16.4. The molecular weight excluding hydrogens is 180 g/mol. The van der Waals surface area contributed by atoms with Gasteiger partial charge in [0.15, 0.2) is 22.9 Å². The molecule has 3 rings (SSSR count). The number of furan rings is 2. The van der Waals surface area contributed by atoms with Crippen LogP contribution in [0.4, 0.5) is 11.8 Å². The molecule has 14 heavy (non-hydrogen) atoms. The van der Waals surface area contributed by atoms with Gasteiger partial charge in [-0.3, -0.25) is 0 Å². The van der Waals surface area contributed by atoms with Crippen LogP contribution in [0.3, 0.4) is 0 Å². The number of nitrogens with two attached hydrogens (primary N) is 2. The van der Waals surface area contributed by atoms with Crippen LogP contribution in [0, 0.1) is 0 Å². The number of rotatable bonds is 0. The number of fused-ring (bicyclic) bond motifs is 3. The van der Waals surface area contributed by atoms with Crippen molar-refractivity contribution in [3.63, 3.8) is 0 Å². The van der Waals surface area contributed by atoms with Crippen LogP contribution >= 0.6 is 0 Å². The Morgan fingerprint density at radius 2 is 1.21 bits per heavy atom. The van der Waals surface area contributed by atoms with Gasteiger partial charge in [0.25, 0.3) is 0 Å². The zero-order valence-corrected chi connectivity index (χ0v) is 7.28. The summed E-state index contributed by atoms with van der Waals surface area (Å²) in [5, 5.41) is 1.84. The van der Waals surface area contributed by atoms with Crippen LogP contribution in [-0.4, -0.2) is 0 Å². The van der Waals surface area contributed by atoms with E-state index in [4.69, 9.17) is 20.3 Å². The maximum Gasteiger partial charge on any atom is 0.191 e. The Kier molecular flexibility index (Phi) is 1.16. The normalized spacial score (nSPS) is 11.4. The lowest BCUT2D eigenvalue weighted by atomic mass is 10.2. The molecule has 0 aliphatic carbocycles. The maximum atomic E-state index is 5.55. The molecule has 70 valence electrons. The largest absolute Gasteiger partial charge is 0.437 e. The van der Waals surface area contributed by atoms with E-state index in [9.17, 15) is 0 Å². The average molecular weight is 188 g/mol. The highest BCUT2D eigenvalue weighted by molar-refractivity contribution is 6.02. The summed E-state index contributed by atoms with van der Waals surface area (Å²) in [5.74, 6) is 0.755. The molecular formula is C10H8N2O2. The number of anilines is 2. The van der Waals surface area contributed by atoms with E-state index < -0.39 is 0 Å². The van der Waals surface area contributed by atoms with Crippen molar-refractivity contribution in [2.75, 3.05) is 11.5 Å². The highest BCUT2D eigenvalue weighted by Gasteiger charge is 2.09. The lowest BCUT2D eigenvalue weighted by Gasteiger charge is -1.88. The average Bonchev–Trinajstić information content (AvgIpc) is 2.65. The van der Waals surface area contributed by atoms with Crippen LogP contribution in [0.1, 0.15) is 0 Å². The van der Waals surface area contributed by atoms with E-state index in [0.717, 1.165) is 10.8 Å². The predicted octanol–water partition coefficient (Wildman–Crippen LogP) is 2.34. The van der Waals surface area contributed by atoms with Crippen molar-refractivity contribution >= 4 is 33.7 Å². The first-order valence-electron chi connectivity index (χ1n) is 4.21. The topological polar surface area (TPSA) is 78.3 Å². The van der Waals surface area contributed by atoms with E-state index in [-0.39, 0.29) is 0 Å². The second kappa shape index (κ2) is 2.23. The lowest BCUT2D eigenvalue weighted by molar-refractivity contribution is 0.603. The summed E-state index contributed by atoms with van der Waals surface area (Å²) in [5.41, 5.74) is 12.4. The van der Waals surface area contributed by atoms with Gasteiger partial charge in [0.1, 0.15) is 0 Å². The molecule has 0 aliphatic rings. The summed E-state index contributed by atoms with van der Waals surface area (Å²) in [6.45, 7) is 0. The molecule has 0 saturated heterocycles. The molecule has 4 nitrogen and oxygen atoms in total. The van der Waals surface area contributed by atoms with Crippen molar-refractivity contribution in [1.82, 2.24) is 0 Å². The van der Waals surface area contributed by atoms with E-state index in [2.05, 4.69) is 0 Å². The molecule has 0 bridgehead atoms. The Morgan fingerprint density at radius 1 is 0.786 bits per heavy atom. The second-order valence-corrected chi connectivity index (χ2v) is 3.20. The molecule has 3 aromatic rings. The summed E-state index contributed by atoms with van der Waals surface area (Å²) in [6, 6.07) is 7.36. The van der Waals surface area contributed by atoms with Crippen LogP contribution in [0.2, 0.25) is 0 Å². The van der Waals surface area contributed by atoms with Gasteiger partial charge < -0.3 is 20.3 Å². The van der Waals surface area contributed by atoms with Crippen molar-refractivity contribution in [2.24, 2.45) is 0 Å². The van der Waals surface area contributed by atoms with Crippen molar-refractivity contribution in [3.05, 3.63) is 24.3 Å². The molecule has 0 spiro atoms. The first-order valence-corrected chi connectivity index (χ1v) is 4.21. The molecule has 1 aromatic carbocycles. The van der Waals surface area contributed by atoms with Gasteiger partial charge in [-0.15, -0.1) is 0 Å². The molecule has 4 heteroatoms. The van der Waals surface area contributed by atoms with Gasteiger partial charge >= 0.3 is 0 Å². The van der Waals surface area contributed by atoms with Gasteiger partial charge in [-0.05, 0) is 0 Å². The van der Waals surface area contributed by atoms with Gasteiger partial charge in [0, 0.05) is 22.9 Å². The number of hydrogen-bond donors (Lipinski definition) is 2. The van der Waals surface area contributed by atoms with Gasteiger partial charge in [0.05, 0.1) is 0 Å². The second-order valence-electron chi connectivity index (χ2n) is 3.20. The SMILES string of the molecule is Nc1cc2ccc3cc(N)oc3c2o1. The molecule has 0 fully saturated rings. The third-order valence-electron chi connectivity index (χ3n) is 2.21. The summed E-state index contributed by atoms with van der Waals surface area (Å²) in [7, 11) is 0. The van der Waals surface area contributed by atoms with Gasteiger partial charge in [-0.2, -0.15) is 0 Å². The minimum atomic E-state index is 0.377. The fourth-order valence-corrected chi connectivity index (χ4v) is 1.63. The molecule has 0 aliphatic heterocycles. The molecule has 0 amide bonds. The molecule has 0 atom stereocenters. The van der Waals surface area contributed by atoms with Crippen molar-refractivity contribution in [3.8, 4) is 0 Å². The van der Waals surface area contributed by atoms with Crippen LogP contribution in [0.5, 0.6) is 0 Å². The quantitative estimate of drug-likeness (QED) is 0.567. The Bertz CT molecular complexity index is 566. The Labute approximate surface area is 79.1 Å². The van der Waals surface area contributed by atoms with Gasteiger partial charge in [-0.1, -0.05) is 12.1 Å². The minimum Gasteiger partial charge on any atom is -0.437 e. The standard InChI is InChI=1S/C10H8N2O2/c11-7-3-5-1-2-6-4-8(12)14-10(6)9(5)13-7/h1-4H,11-12H2. The van der Waals surface area contributed by atoms with Crippen molar-refractivity contribution in [2.45, 2.75) is 0 Å². The Balaban J connectivity index is 2.58. The Morgan fingerprint density at radius 3 is 1.64 bits per heavy atom. The smallest absolute Gasteiger partial charge is 0.191 e. The molecule has 4 N–H and O–H groups in total. The molecule has 2 aromatic heterocycles. The predicted molar refractivity (Wildman–Crippen MR) is 54.8 cm³/mol. The monoisotopic (exact) mass is 188 g/mol. The number of benzene rings is 1. The zero-order valence-electron chi connectivity index (χ0n) is 7.28. The van der Waals surface area contributed by atoms with Crippen LogP contribution in [-0.2, 0) is 0 Å². The van der Waals surface area contributed by atoms with E-state index in [1.54, 1.807) is 12.1 Å². The van der Waals surface area contributed by atoms with Crippen LogP contribution < -0.4 is 11.5 Å². The third kappa shape index (κ3) is 0.821. The number of nitrogen functional groups attached to an aromatic ring is 2. The third-order valence-corrected chi connectivity index (χ3v) is 2.21. The fraction of sp³-hybridized carbons (Fsp3) is 0. The molecule has 0 unspecified atom stereocenters. The first-order chi connectivity index (χ1) is 6.74. The van der Waals surface area contributed by atoms with Gasteiger partial charge in [-0.25, -0.2) is 0 Å². The fourth-order valence-electron chi connectivity index (χ4n) is 1.63. The van der Waals surface area contributed by atoms with E-state index in [0.29, 0.717) is 22.9 Å². The van der Waals surface area contributed by atoms with Crippen molar-refractivity contribution < 1.29 is 8.83 Å². The van der Waals surface area contributed by atoms with Crippen molar-refractivity contribution in [1.29, 1.82) is 0 Å². The molecule has 0 radical (unpaired) electrons. The first kappa shape index (κ1) is 7.32. The summed E-state index contributed by atoms with van der Waals surface area (Å²) in [6.07, 6.45) is 0. The van der Waals surface area contributed by atoms with Gasteiger partial charge in [0.2, 0.25) is 0 Å². The maximum absolute atomic E-state index is 5.55. The summed E-state index contributed by atoms with van der Waals surface area (Å²) < 4.78 is 10.6. The summed E-state index contributed by atoms with van der Waals surface area (Å²) in [4.78, 5) is 0. The Hall–Kier alpha value is -2.10. The lowest BCUT2D eigenvalue weighted by Crippen LogP contribution is -1.75. The number of hydrogen-bond acceptors (Lipinski definition) is 4. The van der Waals surface area contributed by atoms with E-state index in [1.165, 1.54) is 0 Å². The highest BCUT2D eigenvalue weighted by Crippen LogP contribution is 2.31. The molecule has 2 heterocycles. The zero-order chi connectivity index (χ0) is 9.71.